The largest absolute Gasteiger partial charge is 0.480 e. The fourth-order valence-corrected chi connectivity index (χ4v) is 1.17. The summed E-state index contributed by atoms with van der Waals surface area (Å²) in [6.45, 7) is 8.67. The van der Waals surface area contributed by atoms with Crippen molar-refractivity contribution in [3.8, 4) is 0 Å². The van der Waals surface area contributed by atoms with Gasteiger partial charge >= 0.3 is 5.97 Å². The van der Waals surface area contributed by atoms with Gasteiger partial charge in [0.15, 0.2) is 0 Å². The molecule has 0 fully saturated rings. The molecule has 0 rings (SSSR count). The van der Waals surface area contributed by atoms with Gasteiger partial charge < -0.3 is 19.9 Å². The highest BCUT2D eigenvalue weighted by Crippen LogP contribution is 1.93. The topological polar surface area (TPSA) is 67.8 Å². The van der Waals surface area contributed by atoms with Crippen molar-refractivity contribution in [3.63, 3.8) is 0 Å². The lowest BCUT2D eigenvalue weighted by Crippen LogP contribution is -2.41. The molecule has 0 saturated heterocycles. The van der Waals surface area contributed by atoms with Crippen LogP contribution in [0.2, 0.25) is 0 Å². The van der Waals surface area contributed by atoms with Gasteiger partial charge in [0.1, 0.15) is 6.04 Å². The average molecular weight is 247 g/mol. The van der Waals surface area contributed by atoms with Crippen LogP contribution >= 0.6 is 0 Å². The Morgan fingerprint density at radius 3 is 2.29 bits per heavy atom. The Balaban J connectivity index is 3.51. The summed E-state index contributed by atoms with van der Waals surface area (Å²) in [4.78, 5) is 10.8. The molecule has 1 unspecified atom stereocenters. The van der Waals surface area contributed by atoms with E-state index < -0.39 is 12.0 Å². The van der Waals surface area contributed by atoms with Gasteiger partial charge in [-0.1, -0.05) is 20.8 Å². The summed E-state index contributed by atoms with van der Waals surface area (Å²) >= 11 is 0. The molecule has 0 radical (unpaired) electrons. The number of aliphatic carboxylic acids is 1. The lowest BCUT2D eigenvalue weighted by Gasteiger charge is -2.14. The van der Waals surface area contributed by atoms with E-state index in [0.717, 1.165) is 6.42 Å². The second-order valence-electron chi connectivity index (χ2n) is 4.39. The zero-order valence-corrected chi connectivity index (χ0v) is 11.1. The van der Waals surface area contributed by atoms with Crippen LogP contribution in [0.3, 0.4) is 0 Å². The van der Waals surface area contributed by atoms with E-state index in [1.165, 1.54) is 0 Å². The van der Waals surface area contributed by atoms with Gasteiger partial charge in [0.2, 0.25) is 0 Å². The number of ether oxygens (including phenoxy) is 2. The molecule has 1 atom stereocenters. The predicted octanol–water partition coefficient (Wildman–Crippen LogP) is 1.13. The molecule has 0 aliphatic carbocycles. The number of nitrogens with one attached hydrogen (secondary N) is 1. The molecule has 0 aliphatic heterocycles. The van der Waals surface area contributed by atoms with Crippen molar-refractivity contribution in [1.29, 1.82) is 0 Å². The van der Waals surface area contributed by atoms with Crippen LogP contribution in [0.1, 0.15) is 27.2 Å². The summed E-state index contributed by atoms with van der Waals surface area (Å²) in [6.07, 6.45) is 0.904. The molecule has 0 spiro atoms. The molecule has 0 aromatic rings. The van der Waals surface area contributed by atoms with Crippen molar-refractivity contribution in [2.75, 3.05) is 33.0 Å². The third-order valence-corrected chi connectivity index (χ3v) is 2.05. The Bertz CT molecular complexity index is 197. The van der Waals surface area contributed by atoms with Crippen molar-refractivity contribution in [1.82, 2.24) is 5.32 Å². The minimum Gasteiger partial charge on any atom is -0.480 e. The summed E-state index contributed by atoms with van der Waals surface area (Å²) in [6, 6.07) is -0.625. The van der Waals surface area contributed by atoms with Crippen molar-refractivity contribution >= 4 is 5.97 Å². The van der Waals surface area contributed by atoms with Crippen LogP contribution in [-0.4, -0.2) is 50.1 Å². The van der Waals surface area contributed by atoms with E-state index in [9.17, 15) is 4.79 Å². The maximum absolute atomic E-state index is 10.8. The van der Waals surface area contributed by atoms with E-state index >= 15 is 0 Å². The molecule has 5 nitrogen and oxygen atoms in total. The summed E-state index contributed by atoms with van der Waals surface area (Å²) in [5, 5.41) is 11.8. The van der Waals surface area contributed by atoms with Crippen molar-refractivity contribution in [2.45, 2.75) is 33.2 Å². The van der Waals surface area contributed by atoms with Crippen LogP contribution in [0.5, 0.6) is 0 Å². The quantitative estimate of drug-likeness (QED) is 0.536. The van der Waals surface area contributed by atoms with Gasteiger partial charge in [-0.3, -0.25) is 4.79 Å². The molecule has 5 heteroatoms. The van der Waals surface area contributed by atoms with Crippen LogP contribution in [-0.2, 0) is 14.3 Å². The summed E-state index contributed by atoms with van der Waals surface area (Å²) < 4.78 is 10.6. The molecule has 0 heterocycles. The lowest BCUT2D eigenvalue weighted by molar-refractivity contribution is -0.141. The summed E-state index contributed by atoms with van der Waals surface area (Å²) in [7, 11) is 0. The van der Waals surface area contributed by atoms with E-state index in [0.29, 0.717) is 32.3 Å². The second kappa shape index (κ2) is 10.5. The van der Waals surface area contributed by atoms with E-state index in [4.69, 9.17) is 14.6 Å². The molecular formula is C12H25NO4. The Morgan fingerprint density at radius 2 is 1.82 bits per heavy atom. The van der Waals surface area contributed by atoms with Crippen LogP contribution in [0.15, 0.2) is 0 Å². The second-order valence-corrected chi connectivity index (χ2v) is 4.39. The fourth-order valence-electron chi connectivity index (χ4n) is 1.17. The monoisotopic (exact) mass is 247 g/mol. The first-order valence-corrected chi connectivity index (χ1v) is 6.19. The molecule has 102 valence electrons. The van der Waals surface area contributed by atoms with Crippen molar-refractivity contribution in [2.24, 2.45) is 5.92 Å². The molecule has 17 heavy (non-hydrogen) atoms. The highest BCUT2D eigenvalue weighted by molar-refractivity contribution is 5.73. The zero-order valence-electron chi connectivity index (χ0n) is 11.1. The molecule has 0 aromatic carbocycles. The van der Waals surface area contributed by atoms with Gasteiger partial charge in [0.05, 0.1) is 19.8 Å². The summed E-state index contributed by atoms with van der Waals surface area (Å²) in [5.74, 6) is -0.366. The lowest BCUT2D eigenvalue weighted by atomic mass is 10.2. The highest BCUT2D eigenvalue weighted by Gasteiger charge is 2.15. The van der Waals surface area contributed by atoms with Crippen molar-refractivity contribution in [3.05, 3.63) is 0 Å². The number of carboxylic acids is 1. The third-order valence-electron chi connectivity index (χ3n) is 2.05. The standard InChI is InChI=1S/C12H25NO4/c1-4-5-13-11(12(14)15)9-17-7-6-16-8-10(2)3/h10-11,13H,4-9H2,1-3H3,(H,14,15). The molecule has 2 N–H and O–H groups in total. The number of carboxylic acid groups (broad SMARTS) is 1. The molecular weight excluding hydrogens is 222 g/mol. The Labute approximate surface area is 103 Å². The molecule has 0 bridgehead atoms. The van der Waals surface area contributed by atoms with Gasteiger partial charge in [-0.2, -0.15) is 0 Å². The van der Waals surface area contributed by atoms with E-state index in [2.05, 4.69) is 19.2 Å². The van der Waals surface area contributed by atoms with E-state index in [1.807, 2.05) is 6.92 Å². The normalized spacial score (nSPS) is 12.9. The first-order chi connectivity index (χ1) is 8.07. The predicted molar refractivity (Wildman–Crippen MR) is 66.2 cm³/mol. The molecule has 0 aliphatic rings. The molecule has 0 saturated carbocycles. The van der Waals surface area contributed by atoms with Crippen LogP contribution < -0.4 is 5.32 Å². The number of carbonyl (C=O) groups is 1. The van der Waals surface area contributed by atoms with Gasteiger partial charge in [-0.05, 0) is 18.9 Å². The van der Waals surface area contributed by atoms with Gasteiger partial charge in [0.25, 0.3) is 0 Å². The minimum atomic E-state index is -0.874. The van der Waals surface area contributed by atoms with Crippen LogP contribution in [0.25, 0.3) is 0 Å². The fraction of sp³-hybridized carbons (Fsp3) is 0.917. The van der Waals surface area contributed by atoms with Gasteiger partial charge in [-0.15, -0.1) is 0 Å². The van der Waals surface area contributed by atoms with Crippen LogP contribution in [0.4, 0.5) is 0 Å². The third kappa shape index (κ3) is 10.2. The maximum Gasteiger partial charge on any atom is 0.323 e. The Morgan fingerprint density at radius 1 is 1.24 bits per heavy atom. The molecule has 0 aromatic heterocycles. The number of hydrogen-bond donors (Lipinski definition) is 2. The van der Waals surface area contributed by atoms with Crippen molar-refractivity contribution < 1.29 is 19.4 Å². The zero-order chi connectivity index (χ0) is 13.1. The average Bonchev–Trinajstić information content (AvgIpc) is 2.26. The number of hydrogen-bond acceptors (Lipinski definition) is 4. The smallest absolute Gasteiger partial charge is 0.323 e. The van der Waals surface area contributed by atoms with E-state index in [1.54, 1.807) is 0 Å². The number of rotatable bonds is 11. The first kappa shape index (κ1) is 16.4. The first-order valence-electron chi connectivity index (χ1n) is 6.19. The van der Waals surface area contributed by atoms with E-state index in [-0.39, 0.29) is 6.61 Å². The Hall–Kier alpha value is -0.650. The molecule has 0 amide bonds. The Kier molecular flexibility index (Phi) is 10.1. The minimum absolute atomic E-state index is 0.181. The SMILES string of the molecule is CCCNC(COCCOCC(C)C)C(=O)O. The van der Waals surface area contributed by atoms with Crippen LogP contribution in [0, 0.1) is 5.92 Å². The van der Waals surface area contributed by atoms with Gasteiger partial charge in [-0.25, -0.2) is 0 Å². The summed E-state index contributed by atoms with van der Waals surface area (Å²) in [5.41, 5.74) is 0. The highest BCUT2D eigenvalue weighted by atomic mass is 16.5. The van der Waals surface area contributed by atoms with Gasteiger partial charge in [0, 0.05) is 6.61 Å². The maximum atomic E-state index is 10.8.